The third-order valence-corrected chi connectivity index (χ3v) is 4.43. The molecule has 164 valence electrons. The van der Waals surface area contributed by atoms with Gasteiger partial charge in [0.15, 0.2) is 0 Å². The van der Waals surface area contributed by atoms with E-state index in [4.69, 9.17) is 9.47 Å². The van der Waals surface area contributed by atoms with E-state index in [1.165, 1.54) is 0 Å². The Hall–Kier alpha value is -3.55. The number of carbonyl (C=O) groups is 2. The van der Waals surface area contributed by atoms with E-state index >= 15 is 0 Å². The molecule has 0 bridgehead atoms. The average molecular weight is 425 g/mol. The van der Waals surface area contributed by atoms with Crippen LogP contribution in [-0.2, 0) is 11.3 Å². The largest absolute Gasteiger partial charge is 0.489 e. The van der Waals surface area contributed by atoms with E-state index in [9.17, 15) is 14.7 Å². The molecule has 0 saturated heterocycles. The minimum absolute atomic E-state index is 0.0830. The van der Waals surface area contributed by atoms with Crippen molar-refractivity contribution >= 4 is 18.0 Å². The highest BCUT2D eigenvalue weighted by molar-refractivity contribution is 6.06. The van der Waals surface area contributed by atoms with Crippen LogP contribution in [0, 0.1) is 0 Å². The fourth-order valence-corrected chi connectivity index (χ4v) is 3.07. The SMILES string of the molecule is CC(C)(C)OC(=O)NC1CN=C(c2ccc(OCc3ccccc3)cc2)N(C(=O)O)C1. The van der Waals surface area contributed by atoms with Gasteiger partial charge >= 0.3 is 12.2 Å². The van der Waals surface area contributed by atoms with Crippen molar-refractivity contribution in [1.82, 2.24) is 10.2 Å². The molecule has 3 rings (SSSR count). The van der Waals surface area contributed by atoms with Crippen molar-refractivity contribution in [3.8, 4) is 5.75 Å². The Morgan fingerprint density at radius 2 is 1.81 bits per heavy atom. The molecule has 31 heavy (non-hydrogen) atoms. The van der Waals surface area contributed by atoms with Crippen LogP contribution in [0.15, 0.2) is 59.6 Å². The molecule has 0 aliphatic carbocycles. The van der Waals surface area contributed by atoms with Gasteiger partial charge in [-0.2, -0.15) is 0 Å². The van der Waals surface area contributed by atoms with Crippen molar-refractivity contribution in [2.24, 2.45) is 4.99 Å². The maximum atomic E-state index is 12.0. The standard InChI is InChI=1S/C23H27N3O5/c1-23(2,3)31-21(27)25-18-13-24-20(26(14-18)22(28)29)17-9-11-19(12-10-17)30-15-16-7-5-4-6-8-16/h4-12,18H,13-15H2,1-3H3,(H,25,27)(H,28,29). The van der Waals surface area contributed by atoms with Crippen LogP contribution in [0.3, 0.4) is 0 Å². The van der Waals surface area contributed by atoms with E-state index in [1.54, 1.807) is 45.0 Å². The zero-order valence-electron chi connectivity index (χ0n) is 17.9. The van der Waals surface area contributed by atoms with Crippen LogP contribution in [0.25, 0.3) is 0 Å². The van der Waals surface area contributed by atoms with Gasteiger partial charge < -0.3 is 19.9 Å². The highest BCUT2D eigenvalue weighted by atomic mass is 16.6. The van der Waals surface area contributed by atoms with Gasteiger partial charge in [-0.1, -0.05) is 30.3 Å². The third kappa shape index (κ3) is 6.47. The summed E-state index contributed by atoms with van der Waals surface area (Å²) in [5.74, 6) is 1.01. The number of benzene rings is 2. The Kier molecular flexibility index (Phi) is 6.79. The van der Waals surface area contributed by atoms with Gasteiger partial charge in [0.05, 0.1) is 19.1 Å². The number of carboxylic acid groups (broad SMARTS) is 1. The lowest BCUT2D eigenvalue weighted by Gasteiger charge is -2.31. The second kappa shape index (κ2) is 9.51. The normalized spacial score (nSPS) is 16.3. The van der Waals surface area contributed by atoms with Gasteiger partial charge in [-0.25, -0.2) is 9.59 Å². The second-order valence-electron chi connectivity index (χ2n) is 8.20. The summed E-state index contributed by atoms with van der Waals surface area (Å²) < 4.78 is 11.0. The minimum atomic E-state index is -1.14. The maximum absolute atomic E-state index is 12.0. The number of hydrogen-bond acceptors (Lipinski definition) is 5. The zero-order valence-corrected chi connectivity index (χ0v) is 17.9. The Labute approximate surface area is 181 Å². The number of alkyl carbamates (subject to hydrolysis) is 1. The van der Waals surface area contributed by atoms with Gasteiger partial charge in [-0.15, -0.1) is 0 Å². The lowest BCUT2D eigenvalue weighted by Crippen LogP contribution is -2.53. The molecule has 0 spiro atoms. The summed E-state index contributed by atoms with van der Waals surface area (Å²) in [5, 5.41) is 12.3. The van der Waals surface area contributed by atoms with Crippen molar-refractivity contribution in [2.75, 3.05) is 13.1 Å². The third-order valence-electron chi connectivity index (χ3n) is 4.43. The van der Waals surface area contributed by atoms with Crippen LogP contribution in [0.4, 0.5) is 9.59 Å². The summed E-state index contributed by atoms with van der Waals surface area (Å²) in [4.78, 5) is 29.3. The van der Waals surface area contributed by atoms with Gasteiger partial charge in [0.1, 0.15) is 23.8 Å². The van der Waals surface area contributed by atoms with Crippen LogP contribution in [-0.4, -0.2) is 52.8 Å². The van der Waals surface area contributed by atoms with Gasteiger partial charge in [-0.3, -0.25) is 9.89 Å². The minimum Gasteiger partial charge on any atom is -0.489 e. The van der Waals surface area contributed by atoms with Gasteiger partial charge in [0.25, 0.3) is 0 Å². The van der Waals surface area contributed by atoms with Crippen LogP contribution in [0.2, 0.25) is 0 Å². The first-order valence-electron chi connectivity index (χ1n) is 10.0. The van der Waals surface area contributed by atoms with E-state index in [1.807, 2.05) is 30.3 Å². The van der Waals surface area contributed by atoms with Crippen molar-refractivity contribution in [3.05, 3.63) is 65.7 Å². The zero-order chi connectivity index (χ0) is 22.4. The van der Waals surface area contributed by atoms with Crippen LogP contribution in [0.1, 0.15) is 31.9 Å². The molecule has 2 aromatic carbocycles. The number of nitrogens with zero attached hydrogens (tertiary/aromatic N) is 2. The highest BCUT2D eigenvalue weighted by Gasteiger charge is 2.30. The van der Waals surface area contributed by atoms with E-state index in [2.05, 4.69) is 10.3 Å². The molecule has 8 heteroatoms. The van der Waals surface area contributed by atoms with Gasteiger partial charge in [0.2, 0.25) is 0 Å². The molecular weight excluding hydrogens is 398 g/mol. The lowest BCUT2D eigenvalue weighted by atomic mass is 10.1. The number of nitrogens with one attached hydrogen (secondary N) is 1. The topological polar surface area (TPSA) is 100 Å². The summed E-state index contributed by atoms with van der Waals surface area (Å²) in [5.41, 5.74) is 1.08. The molecule has 1 atom stereocenters. The summed E-state index contributed by atoms with van der Waals surface area (Å²) in [6.07, 6.45) is -1.74. The van der Waals surface area contributed by atoms with E-state index in [0.29, 0.717) is 23.8 Å². The molecule has 0 saturated carbocycles. The number of rotatable bonds is 5. The quantitative estimate of drug-likeness (QED) is 0.757. The Balaban J connectivity index is 1.65. The first kappa shape index (κ1) is 22.1. The van der Waals surface area contributed by atoms with Crippen molar-refractivity contribution < 1.29 is 24.2 Å². The predicted molar refractivity (Wildman–Crippen MR) is 117 cm³/mol. The van der Waals surface area contributed by atoms with Gasteiger partial charge in [0, 0.05) is 5.56 Å². The number of carbonyl (C=O) groups excluding carboxylic acids is 1. The summed E-state index contributed by atoms with van der Waals surface area (Å²) in [6.45, 7) is 6.08. The second-order valence-corrected chi connectivity index (χ2v) is 8.20. The van der Waals surface area contributed by atoms with E-state index in [0.717, 1.165) is 10.5 Å². The van der Waals surface area contributed by atoms with E-state index in [-0.39, 0.29) is 13.1 Å². The predicted octanol–water partition coefficient (Wildman–Crippen LogP) is 3.90. The lowest BCUT2D eigenvalue weighted by molar-refractivity contribution is 0.0496. The van der Waals surface area contributed by atoms with Crippen molar-refractivity contribution in [1.29, 1.82) is 0 Å². The molecule has 8 nitrogen and oxygen atoms in total. The molecule has 0 aromatic heterocycles. The number of aliphatic imine (C=N–C) groups is 1. The number of amides is 2. The number of hydrogen-bond donors (Lipinski definition) is 2. The number of ether oxygens (including phenoxy) is 2. The fourth-order valence-electron chi connectivity index (χ4n) is 3.07. The molecule has 0 radical (unpaired) electrons. The molecular formula is C23H27N3O5. The maximum Gasteiger partial charge on any atom is 0.413 e. The fraction of sp³-hybridized carbons (Fsp3) is 0.348. The van der Waals surface area contributed by atoms with Crippen LogP contribution in [0.5, 0.6) is 5.75 Å². The Morgan fingerprint density at radius 3 is 2.42 bits per heavy atom. The van der Waals surface area contributed by atoms with E-state index < -0.39 is 23.8 Å². The van der Waals surface area contributed by atoms with Gasteiger partial charge in [-0.05, 0) is 50.6 Å². The monoisotopic (exact) mass is 425 g/mol. The molecule has 1 aliphatic rings. The molecule has 2 aromatic rings. The average Bonchev–Trinajstić information content (AvgIpc) is 2.72. The first-order valence-corrected chi connectivity index (χ1v) is 10.0. The Bertz CT molecular complexity index is 936. The smallest absolute Gasteiger partial charge is 0.413 e. The molecule has 0 fully saturated rings. The molecule has 2 N–H and O–H groups in total. The first-order chi connectivity index (χ1) is 14.7. The molecule has 2 amide bonds. The van der Waals surface area contributed by atoms with Crippen molar-refractivity contribution in [3.63, 3.8) is 0 Å². The van der Waals surface area contributed by atoms with Crippen LogP contribution < -0.4 is 10.1 Å². The molecule has 1 aliphatic heterocycles. The summed E-state index contributed by atoms with van der Waals surface area (Å²) >= 11 is 0. The van der Waals surface area contributed by atoms with Crippen molar-refractivity contribution in [2.45, 2.75) is 39.0 Å². The number of amidine groups is 1. The molecule has 1 heterocycles. The molecule has 1 unspecified atom stereocenters. The van der Waals surface area contributed by atoms with Crippen LogP contribution >= 0.6 is 0 Å². The summed E-state index contributed by atoms with van der Waals surface area (Å²) in [6, 6.07) is 16.5. The summed E-state index contributed by atoms with van der Waals surface area (Å²) in [7, 11) is 0. The Morgan fingerprint density at radius 1 is 1.13 bits per heavy atom. The highest BCUT2D eigenvalue weighted by Crippen LogP contribution is 2.18.